The van der Waals surface area contributed by atoms with Gasteiger partial charge in [0.25, 0.3) is 0 Å². The molecule has 1 aromatic heterocycles. The molecule has 1 N–H and O–H groups in total. The molecular weight excluding hydrogens is 354 g/mol. The van der Waals surface area contributed by atoms with E-state index in [0.717, 1.165) is 40.0 Å². The van der Waals surface area contributed by atoms with E-state index < -0.39 is 0 Å². The summed E-state index contributed by atoms with van der Waals surface area (Å²) in [5.74, 6) is 1.23. The predicted molar refractivity (Wildman–Crippen MR) is 108 cm³/mol. The highest BCUT2D eigenvalue weighted by Crippen LogP contribution is 2.29. The van der Waals surface area contributed by atoms with Crippen LogP contribution in [0.2, 0.25) is 0 Å². The van der Waals surface area contributed by atoms with E-state index >= 15 is 0 Å². The van der Waals surface area contributed by atoms with E-state index in [1.807, 2.05) is 31.2 Å². The topological polar surface area (TPSA) is 68.7 Å². The molecule has 3 aromatic rings. The maximum Gasteiger partial charge on any atom is 0.213 e. The third kappa shape index (κ3) is 4.56. The van der Waals surface area contributed by atoms with Crippen LogP contribution in [-0.2, 0) is 6.61 Å². The van der Waals surface area contributed by atoms with Gasteiger partial charge in [-0.3, -0.25) is 4.79 Å². The number of carbonyl (C=O) groups is 1. The average molecular weight is 377 g/mol. The molecule has 0 saturated heterocycles. The van der Waals surface area contributed by atoms with Gasteiger partial charge < -0.3 is 14.6 Å². The summed E-state index contributed by atoms with van der Waals surface area (Å²) in [7, 11) is 0. The number of hydrogen-bond donors (Lipinski definition) is 1. The molecule has 0 fully saturated rings. The zero-order valence-electron chi connectivity index (χ0n) is 16.0. The number of rotatable bonds is 8. The molecule has 2 aromatic carbocycles. The summed E-state index contributed by atoms with van der Waals surface area (Å²) in [6.45, 7) is 4.63. The molecule has 0 bridgehead atoms. The van der Waals surface area contributed by atoms with Gasteiger partial charge >= 0.3 is 0 Å². The zero-order chi connectivity index (χ0) is 19.9. The van der Waals surface area contributed by atoms with E-state index in [9.17, 15) is 4.79 Å². The number of benzene rings is 2. The summed E-state index contributed by atoms with van der Waals surface area (Å²) in [6, 6.07) is 17.0. The van der Waals surface area contributed by atoms with Crippen LogP contribution in [0.4, 0.5) is 0 Å². The van der Waals surface area contributed by atoms with E-state index in [-0.39, 0.29) is 13.2 Å². The molecule has 5 heteroatoms. The number of aliphatic hydroxyl groups is 1. The van der Waals surface area contributed by atoms with E-state index in [4.69, 9.17) is 14.6 Å². The number of aliphatic hydroxyl groups excluding tert-OH is 1. The molecule has 144 valence electrons. The maximum absolute atomic E-state index is 10.7. The number of aldehydes is 1. The Morgan fingerprint density at radius 3 is 2.43 bits per heavy atom. The Morgan fingerprint density at radius 1 is 0.964 bits per heavy atom. The molecule has 3 rings (SSSR count). The minimum absolute atomic E-state index is 0.0402. The van der Waals surface area contributed by atoms with Gasteiger partial charge in [0.15, 0.2) is 0 Å². The van der Waals surface area contributed by atoms with Gasteiger partial charge in [0.1, 0.15) is 25.2 Å². The molecule has 0 aliphatic carbocycles. The fourth-order valence-corrected chi connectivity index (χ4v) is 2.99. The Labute approximate surface area is 164 Å². The molecule has 1 heterocycles. The third-order valence-corrected chi connectivity index (χ3v) is 4.55. The van der Waals surface area contributed by atoms with Gasteiger partial charge in [-0.15, -0.1) is 0 Å². The van der Waals surface area contributed by atoms with E-state index in [0.29, 0.717) is 18.1 Å². The second-order valence-corrected chi connectivity index (χ2v) is 6.42. The quantitative estimate of drug-likeness (QED) is 0.598. The number of aromatic nitrogens is 1. The molecule has 28 heavy (non-hydrogen) atoms. The molecule has 0 atom stereocenters. The summed E-state index contributed by atoms with van der Waals surface area (Å²) < 4.78 is 11.3. The number of hydrogen-bond acceptors (Lipinski definition) is 5. The molecule has 0 saturated carbocycles. The maximum atomic E-state index is 10.7. The largest absolute Gasteiger partial charge is 0.489 e. The lowest BCUT2D eigenvalue weighted by Crippen LogP contribution is -2.04. The first kappa shape index (κ1) is 19.6. The van der Waals surface area contributed by atoms with Crippen LogP contribution >= 0.6 is 0 Å². The minimum atomic E-state index is -0.0402. The third-order valence-electron chi connectivity index (χ3n) is 4.55. The highest BCUT2D eigenvalue weighted by molar-refractivity contribution is 5.74. The second-order valence-electron chi connectivity index (χ2n) is 6.42. The zero-order valence-corrected chi connectivity index (χ0v) is 16.0. The predicted octanol–water partition coefficient (Wildman–Crippen LogP) is 4.13. The van der Waals surface area contributed by atoms with Crippen molar-refractivity contribution in [2.45, 2.75) is 20.5 Å². The number of aryl methyl sites for hydroxylation is 1. The van der Waals surface area contributed by atoms with Gasteiger partial charge in [0.05, 0.1) is 6.61 Å². The molecule has 0 amide bonds. The molecule has 0 aliphatic rings. The Balaban J connectivity index is 1.79. The van der Waals surface area contributed by atoms with E-state index in [2.05, 4.69) is 18.0 Å². The molecule has 5 nitrogen and oxygen atoms in total. The van der Waals surface area contributed by atoms with Crippen LogP contribution in [-0.4, -0.2) is 29.6 Å². The van der Waals surface area contributed by atoms with E-state index in [1.165, 1.54) is 0 Å². The van der Waals surface area contributed by atoms with Crippen molar-refractivity contribution >= 4 is 6.29 Å². The number of ether oxygens (including phenoxy) is 2. The summed E-state index contributed by atoms with van der Waals surface area (Å²) in [6.07, 6.45) is 0.813. The normalized spacial score (nSPS) is 10.5. The first-order valence-electron chi connectivity index (χ1n) is 9.10. The van der Waals surface area contributed by atoms with Crippen LogP contribution in [0.15, 0.2) is 54.6 Å². The van der Waals surface area contributed by atoms with Crippen LogP contribution in [0, 0.1) is 13.8 Å². The minimum Gasteiger partial charge on any atom is -0.489 e. The van der Waals surface area contributed by atoms with Gasteiger partial charge in [-0.1, -0.05) is 18.2 Å². The smallest absolute Gasteiger partial charge is 0.213 e. The van der Waals surface area contributed by atoms with Crippen molar-refractivity contribution in [3.63, 3.8) is 0 Å². The average Bonchev–Trinajstić information content (AvgIpc) is 2.72. The molecular formula is C23H23NO4. The van der Waals surface area contributed by atoms with Gasteiger partial charge in [-0.25, -0.2) is 4.98 Å². The van der Waals surface area contributed by atoms with Crippen molar-refractivity contribution in [3.05, 3.63) is 77.0 Å². The van der Waals surface area contributed by atoms with Crippen LogP contribution in [0.1, 0.15) is 27.2 Å². The highest BCUT2D eigenvalue weighted by atomic mass is 16.5. The Morgan fingerprint density at radius 2 is 1.75 bits per heavy atom. The highest BCUT2D eigenvalue weighted by Gasteiger charge is 2.11. The van der Waals surface area contributed by atoms with Crippen LogP contribution < -0.4 is 9.47 Å². The Kier molecular flexibility index (Phi) is 6.40. The number of nitrogens with zero attached hydrogens (tertiary/aromatic N) is 1. The molecule has 0 unspecified atom stereocenters. The molecule has 0 radical (unpaired) electrons. The van der Waals surface area contributed by atoms with Crippen LogP contribution in [0.25, 0.3) is 11.1 Å². The second kappa shape index (κ2) is 9.15. The van der Waals surface area contributed by atoms with Crippen molar-refractivity contribution in [2.75, 3.05) is 13.2 Å². The summed E-state index contributed by atoms with van der Waals surface area (Å²) >= 11 is 0. The van der Waals surface area contributed by atoms with Crippen LogP contribution in [0.5, 0.6) is 11.6 Å². The first-order chi connectivity index (χ1) is 13.6. The monoisotopic (exact) mass is 377 g/mol. The van der Waals surface area contributed by atoms with Gasteiger partial charge in [0, 0.05) is 22.9 Å². The van der Waals surface area contributed by atoms with Gasteiger partial charge in [0.2, 0.25) is 5.88 Å². The van der Waals surface area contributed by atoms with Gasteiger partial charge in [-0.05, 0) is 60.9 Å². The molecule has 0 aliphatic heterocycles. The van der Waals surface area contributed by atoms with Crippen molar-refractivity contribution in [1.82, 2.24) is 4.98 Å². The molecule has 0 spiro atoms. The van der Waals surface area contributed by atoms with Crippen molar-refractivity contribution < 1.29 is 19.4 Å². The Bertz CT molecular complexity index is 951. The summed E-state index contributed by atoms with van der Waals surface area (Å²) in [5, 5.41) is 8.88. The van der Waals surface area contributed by atoms with Gasteiger partial charge in [-0.2, -0.15) is 0 Å². The number of carbonyl (C=O) groups excluding carboxylic acids is 1. The van der Waals surface area contributed by atoms with Crippen molar-refractivity contribution in [3.8, 4) is 22.8 Å². The Hall–Kier alpha value is -3.18. The lowest BCUT2D eigenvalue weighted by atomic mass is 9.96. The van der Waals surface area contributed by atoms with Crippen molar-refractivity contribution in [1.29, 1.82) is 0 Å². The fourth-order valence-electron chi connectivity index (χ4n) is 2.99. The SMILES string of the molecule is Cc1nc(OCCO)ccc1-c1cccc(COc2ccc(C=O)cc2)c1C. The standard InChI is InChI=1S/C23H23NO4/c1-16-19(15-28-20-8-6-18(14-26)7-9-20)4-3-5-21(16)22-10-11-23(24-17(22)2)27-13-12-25/h3-11,14,25H,12-13,15H2,1-2H3. The number of pyridine rings is 1. The summed E-state index contributed by atoms with van der Waals surface area (Å²) in [4.78, 5) is 15.2. The fraction of sp³-hybridized carbons (Fsp3) is 0.217. The first-order valence-corrected chi connectivity index (χ1v) is 9.10. The van der Waals surface area contributed by atoms with E-state index in [1.54, 1.807) is 24.3 Å². The summed E-state index contributed by atoms with van der Waals surface area (Å²) in [5.41, 5.74) is 5.82. The lowest BCUT2D eigenvalue weighted by Gasteiger charge is -2.15. The lowest BCUT2D eigenvalue weighted by molar-refractivity contribution is 0.112. The van der Waals surface area contributed by atoms with Crippen LogP contribution in [0.3, 0.4) is 0 Å². The van der Waals surface area contributed by atoms with Crippen molar-refractivity contribution in [2.24, 2.45) is 0 Å².